The molecule has 0 aliphatic rings. The van der Waals surface area contributed by atoms with Gasteiger partial charge in [-0.2, -0.15) is 0 Å². The fraction of sp³-hybridized carbons (Fsp3) is 0.316. The molecule has 0 aliphatic carbocycles. The minimum absolute atomic E-state index is 0.0265. The third kappa shape index (κ3) is 5.08. The molecule has 0 saturated carbocycles. The van der Waals surface area contributed by atoms with Crippen LogP contribution in [0, 0.1) is 5.82 Å². The van der Waals surface area contributed by atoms with Crippen LogP contribution in [0.15, 0.2) is 47.4 Å². The molecule has 28 heavy (non-hydrogen) atoms. The molecule has 9 heteroatoms. The largest absolute Gasteiger partial charge is 0.350 e. The fourth-order valence-electron chi connectivity index (χ4n) is 2.65. The number of carbonyl (C=O) groups excluding carboxylic acids is 1. The summed E-state index contributed by atoms with van der Waals surface area (Å²) in [7, 11) is 2.75. The molecule has 2 rings (SSSR count). The minimum Gasteiger partial charge on any atom is -0.350 e. The maximum atomic E-state index is 13.5. The summed E-state index contributed by atoms with van der Waals surface area (Å²) in [6.45, 7) is 0.191. The summed E-state index contributed by atoms with van der Waals surface area (Å²) in [5.41, 5.74) is 0.765. The van der Waals surface area contributed by atoms with Crippen LogP contribution in [0.2, 0.25) is 5.02 Å². The second-order valence-electron chi connectivity index (χ2n) is 6.67. The van der Waals surface area contributed by atoms with Gasteiger partial charge in [-0.15, -0.1) is 0 Å². The SMILES string of the molecule is CN(C)C(CNC(=O)c1cc(S(=O)(=O)N(C)C)ccc1Cl)c1cccc(F)c1. The average Bonchev–Trinajstić information content (AvgIpc) is 2.61. The molecule has 0 fully saturated rings. The van der Waals surface area contributed by atoms with Gasteiger partial charge in [-0.25, -0.2) is 17.1 Å². The predicted octanol–water partition coefficient (Wildman–Crippen LogP) is 2.76. The molecule has 6 nitrogen and oxygen atoms in total. The topological polar surface area (TPSA) is 69.7 Å². The van der Waals surface area contributed by atoms with Crippen LogP contribution < -0.4 is 5.32 Å². The third-order valence-electron chi connectivity index (χ3n) is 4.27. The van der Waals surface area contributed by atoms with E-state index in [1.807, 2.05) is 19.0 Å². The van der Waals surface area contributed by atoms with E-state index in [1.165, 1.54) is 44.4 Å². The molecule has 1 atom stereocenters. The van der Waals surface area contributed by atoms with Gasteiger partial charge in [-0.1, -0.05) is 23.7 Å². The molecule has 1 amide bonds. The van der Waals surface area contributed by atoms with Crippen molar-refractivity contribution in [2.75, 3.05) is 34.7 Å². The van der Waals surface area contributed by atoms with Crippen molar-refractivity contribution >= 4 is 27.5 Å². The van der Waals surface area contributed by atoms with Crippen LogP contribution in [0.1, 0.15) is 22.0 Å². The molecule has 0 saturated heterocycles. The van der Waals surface area contributed by atoms with E-state index in [2.05, 4.69) is 5.32 Å². The monoisotopic (exact) mass is 427 g/mol. The van der Waals surface area contributed by atoms with E-state index in [1.54, 1.807) is 12.1 Å². The molecule has 0 spiro atoms. The highest BCUT2D eigenvalue weighted by Crippen LogP contribution is 2.23. The number of nitrogens with one attached hydrogen (secondary N) is 1. The van der Waals surface area contributed by atoms with Crippen LogP contribution in [-0.2, 0) is 10.0 Å². The Bertz CT molecular complexity index is 965. The van der Waals surface area contributed by atoms with Gasteiger partial charge in [0.05, 0.1) is 21.5 Å². The fourth-order valence-corrected chi connectivity index (χ4v) is 3.78. The molecule has 0 aromatic heterocycles. The molecule has 2 aromatic carbocycles. The van der Waals surface area contributed by atoms with E-state index < -0.39 is 15.9 Å². The summed E-state index contributed by atoms with van der Waals surface area (Å²) in [5.74, 6) is -0.871. The van der Waals surface area contributed by atoms with Crippen LogP contribution in [0.5, 0.6) is 0 Å². The maximum absolute atomic E-state index is 13.5. The normalized spacial score (nSPS) is 13.0. The number of hydrogen-bond donors (Lipinski definition) is 1. The number of amides is 1. The average molecular weight is 428 g/mol. The number of likely N-dealkylation sites (N-methyl/N-ethyl adjacent to an activating group) is 1. The van der Waals surface area contributed by atoms with Gasteiger partial charge in [0, 0.05) is 20.6 Å². The molecule has 0 bridgehead atoms. The Morgan fingerprint density at radius 3 is 2.39 bits per heavy atom. The zero-order valence-electron chi connectivity index (χ0n) is 16.1. The zero-order chi connectivity index (χ0) is 21.1. The van der Waals surface area contributed by atoms with Gasteiger partial charge in [-0.3, -0.25) is 4.79 Å². The number of benzene rings is 2. The van der Waals surface area contributed by atoms with Crippen LogP contribution in [0.25, 0.3) is 0 Å². The van der Waals surface area contributed by atoms with Crippen LogP contribution in [0.3, 0.4) is 0 Å². The Balaban J connectivity index is 2.24. The van der Waals surface area contributed by atoms with Crippen molar-refractivity contribution in [2.45, 2.75) is 10.9 Å². The molecule has 0 radical (unpaired) electrons. The summed E-state index contributed by atoms with van der Waals surface area (Å²) in [6, 6.07) is 9.85. The van der Waals surface area contributed by atoms with E-state index in [0.29, 0.717) is 5.56 Å². The molecule has 1 unspecified atom stereocenters. The second-order valence-corrected chi connectivity index (χ2v) is 9.23. The standard InChI is InChI=1S/C19H23ClFN3O3S/c1-23(2)18(13-6-5-7-14(21)10-13)12-22-19(25)16-11-15(8-9-17(16)20)28(26,27)24(3)4/h5-11,18H,12H2,1-4H3,(H,22,25). The number of halogens is 2. The Hall–Kier alpha value is -2.00. The van der Waals surface area contributed by atoms with Gasteiger partial charge < -0.3 is 10.2 Å². The van der Waals surface area contributed by atoms with E-state index in [4.69, 9.17) is 11.6 Å². The number of rotatable bonds is 7. The lowest BCUT2D eigenvalue weighted by atomic mass is 10.1. The van der Waals surface area contributed by atoms with Gasteiger partial charge in [-0.05, 0) is 50.0 Å². The molecule has 152 valence electrons. The number of sulfonamides is 1. The first kappa shape index (κ1) is 22.3. The summed E-state index contributed by atoms with van der Waals surface area (Å²) < 4.78 is 39.2. The lowest BCUT2D eigenvalue weighted by Crippen LogP contribution is -2.34. The Kier molecular flexibility index (Phi) is 7.16. The van der Waals surface area contributed by atoms with E-state index in [0.717, 1.165) is 4.31 Å². The van der Waals surface area contributed by atoms with E-state index in [9.17, 15) is 17.6 Å². The molecular formula is C19H23ClFN3O3S. The Labute approximate surface area is 170 Å². The second kappa shape index (κ2) is 9.00. The first-order chi connectivity index (χ1) is 13.0. The van der Waals surface area contributed by atoms with Crippen LogP contribution in [-0.4, -0.2) is 58.3 Å². The third-order valence-corrected chi connectivity index (χ3v) is 6.41. The lowest BCUT2D eigenvalue weighted by molar-refractivity contribution is 0.0942. The molecule has 0 heterocycles. The number of hydrogen-bond acceptors (Lipinski definition) is 4. The summed E-state index contributed by atoms with van der Waals surface area (Å²) >= 11 is 6.11. The molecule has 0 aliphatic heterocycles. The van der Waals surface area contributed by atoms with Gasteiger partial charge >= 0.3 is 0 Å². The van der Waals surface area contributed by atoms with E-state index in [-0.39, 0.29) is 33.9 Å². The summed E-state index contributed by atoms with van der Waals surface area (Å²) in [6.07, 6.45) is 0. The number of nitrogens with zero attached hydrogens (tertiary/aromatic N) is 2. The van der Waals surface area contributed by atoms with Crippen molar-refractivity contribution in [3.8, 4) is 0 Å². The molecule has 2 aromatic rings. The minimum atomic E-state index is -3.70. The Morgan fingerprint density at radius 2 is 1.82 bits per heavy atom. The van der Waals surface area contributed by atoms with Gasteiger partial charge in [0.2, 0.25) is 10.0 Å². The quantitative estimate of drug-likeness (QED) is 0.737. The lowest BCUT2D eigenvalue weighted by Gasteiger charge is -2.25. The summed E-state index contributed by atoms with van der Waals surface area (Å²) in [4.78, 5) is 14.5. The van der Waals surface area contributed by atoms with Gasteiger partial charge in [0.25, 0.3) is 5.91 Å². The predicted molar refractivity (Wildman–Crippen MR) is 107 cm³/mol. The van der Waals surface area contributed by atoms with Crippen LogP contribution >= 0.6 is 11.6 Å². The van der Waals surface area contributed by atoms with Crippen molar-refractivity contribution in [2.24, 2.45) is 0 Å². The first-order valence-corrected chi connectivity index (χ1v) is 10.3. The highest BCUT2D eigenvalue weighted by molar-refractivity contribution is 7.89. The molecule has 1 N–H and O–H groups in total. The van der Waals surface area contributed by atoms with Crippen molar-refractivity contribution in [3.05, 3.63) is 64.4 Å². The smallest absolute Gasteiger partial charge is 0.252 e. The van der Waals surface area contributed by atoms with Crippen molar-refractivity contribution in [1.29, 1.82) is 0 Å². The van der Waals surface area contributed by atoms with Crippen molar-refractivity contribution in [1.82, 2.24) is 14.5 Å². The van der Waals surface area contributed by atoms with Gasteiger partial charge in [0.15, 0.2) is 0 Å². The zero-order valence-corrected chi connectivity index (χ0v) is 17.7. The van der Waals surface area contributed by atoms with E-state index >= 15 is 0 Å². The number of carbonyl (C=O) groups is 1. The van der Waals surface area contributed by atoms with Gasteiger partial charge in [0.1, 0.15) is 5.82 Å². The highest BCUT2D eigenvalue weighted by atomic mass is 35.5. The first-order valence-electron chi connectivity index (χ1n) is 8.46. The van der Waals surface area contributed by atoms with Crippen molar-refractivity contribution in [3.63, 3.8) is 0 Å². The van der Waals surface area contributed by atoms with Crippen LogP contribution in [0.4, 0.5) is 4.39 Å². The Morgan fingerprint density at radius 1 is 1.14 bits per heavy atom. The summed E-state index contributed by atoms with van der Waals surface area (Å²) in [5, 5.41) is 2.89. The van der Waals surface area contributed by atoms with Crippen molar-refractivity contribution < 1.29 is 17.6 Å². The maximum Gasteiger partial charge on any atom is 0.252 e. The molecular weight excluding hydrogens is 405 g/mol. The highest BCUT2D eigenvalue weighted by Gasteiger charge is 2.22.